The number of carbonyl (C=O) groups excluding carboxylic acids is 3. The molecule has 0 radical (unpaired) electrons. The maximum Gasteiger partial charge on any atom is 0.306 e. The molecule has 0 aromatic rings. The third-order valence-corrected chi connectivity index (χ3v) is 13.5. The highest BCUT2D eigenvalue weighted by atomic mass is 16.6. The van der Waals surface area contributed by atoms with Crippen molar-refractivity contribution in [2.24, 2.45) is 11.8 Å². The zero-order chi connectivity index (χ0) is 47.5. The van der Waals surface area contributed by atoms with Crippen LogP contribution in [0.2, 0.25) is 0 Å². The van der Waals surface area contributed by atoms with Crippen LogP contribution in [0, 0.1) is 11.8 Å². The second-order valence-corrected chi connectivity index (χ2v) is 21.2. The molecular formula is C59H114O6. The van der Waals surface area contributed by atoms with E-state index in [9.17, 15) is 14.4 Å². The Kier molecular flexibility index (Phi) is 50.5. The van der Waals surface area contributed by atoms with Gasteiger partial charge in [-0.15, -0.1) is 0 Å². The SMILES string of the molecule is CCCCCCCCCCCCCCCCC(=O)OC[C@H](COC(=O)CCCCCCCCCCCCCCC(C)C)OC(=O)CCCCCCCCCCCCCCCCCC(C)C. The van der Waals surface area contributed by atoms with Crippen LogP contribution in [0.4, 0.5) is 0 Å². The lowest BCUT2D eigenvalue weighted by molar-refractivity contribution is -0.167. The first-order chi connectivity index (χ1) is 31.7. The normalized spacial score (nSPS) is 12.0. The molecule has 6 nitrogen and oxygen atoms in total. The maximum atomic E-state index is 12.9. The van der Waals surface area contributed by atoms with Crippen molar-refractivity contribution in [3.63, 3.8) is 0 Å². The van der Waals surface area contributed by atoms with Crippen molar-refractivity contribution in [2.45, 2.75) is 336 Å². The molecular weight excluding hydrogens is 805 g/mol. The van der Waals surface area contributed by atoms with Crippen molar-refractivity contribution in [1.82, 2.24) is 0 Å². The summed E-state index contributed by atoms with van der Waals surface area (Å²) >= 11 is 0. The van der Waals surface area contributed by atoms with Gasteiger partial charge in [-0.05, 0) is 31.1 Å². The zero-order valence-corrected chi connectivity index (χ0v) is 44.6. The number of unbranched alkanes of at least 4 members (excludes halogenated alkanes) is 38. The van der Waals surface area contributed by atoms with Gasteiger partial charge in [0.1, 0.15) is 13.2 Å². The highest BCUT2D eigenvalue weighted by Crippen LogP contribution is 2.18. The molecule has 0 aromatic carbocycles. The van der Waals surface area contributed by atoms with E-state index in [1.54, 1.807) is 0 Å². The van der Waals surface area contributed by atoms with Crippen molar-refractivity contribution in [3.8, 4) is 0 Å². The van der Waals surface area contributed by atoms with Crippen molar-refractivity contribution in [2.75, 3.05) is 13.2 Å². The molecule has 0 fully saturated rings. The molecule has 0 aliphatic carbocycles. The van der Waals surface area contributed by atoms with Crippen LogP contribution in [-0.2, 0) is 28.6 Å². The van der Waals surface area contributed by atoms with E-state index in [1.165, 1.54) is 218 Å². The summed E-state index contributed by atoms with van der Waals surface area (Å²) in [5, 5.41) is 0. The van der Waals surface area contributed by atoms with Gasteiger partial charge in [0.2, 0.25) is 0 Å². The van der Waals surface area contributed by atoms with Crippen molar-refractivity contribution in [1.29, 1.82) is 0 Å². The minimum atomic E-state index is -0.763. The minimum Gasteiger partial charge on any atom is -0.462 e. The quantitative estimate of drug-likeness (QED) is 0.0344. The average Bonchev–Trinajstić information content (AvgIpc) is 3.28. The molecule has 0 N–H and O–H groups in total. The molecule has 0 aliphatic rings. The summed E-state index contributed by atoms with van der Waals surface area (Å²) in [4.78, 5) is 38.1. The Bertz CT molecular complexity index is 993. The fraction of sp³-hybridized carbons (Fsp3) is 0.949. The summed E-state index contributed by atoms with van der Waals surface area (Å²) in [6, 6.07) is 0. The summed E-state index contributed by atoms with van der Waals surface area (Å²) in [6.45, 7) is 11.4. The average molecular weight is 920 g/mol. The molecule has 0 aromatic heterocycles. The predicted octanol–water partition coefficient (Wildman–Crippen LogP) is 19.3. The van der Waals surface area contributed by atoms with Crippen LogP contribution in [0.1, 0.15) is 330 Å². The summed E-state index contributed by atoms with van der Waals surface area (Å²) < 4.78 is 16.9. The molecule has 0 spiro atoms. The molecule has 6 heteroatoms. The van der Waals surface area contributed by atoms with E-state index in [0.29, 0.717) is 19.3 Å². The lowest BCUT2D eigenvalue weighted by Gasteiger charge is -2.18. The first-order valence-electron chi connectivity index (χ1n) is 29.2. The van der Waals surface area contributed by atoms with Gasteiger partial charge in [0, 0.05) is 19.3 Å². The van der Waals surface area contributed by atoms with Crippen molar-refractivity contribution < 1.29 is 28.6 Å². The van der Waals surface area contributed by atoms with E-state index < -0.39 is 6.10 Å². The largest absolute Gasteiger partial charge is 0.462 e. The molecule has 1 atom stereocenters. The molecule has 386 valence electrons. The van der Waals surface area contributed by atoms with Crippen LogP contribution in [0.15, 0.2) is 0 Å². The lowest BCUT2D eigenvalue weighted by atomic mass is 10.0. The van der Waals surface area contributed by atoms with Gasteiger partial charge < -0.3 is 14.2 Å². The Balaban J connectivity index is 4.30. The highest BCUT2D eigenvalue weighted by molar-refractivity contribution is 5.71. The van der Waals surface area contributed by atoms with Gasteiger partial charge in [-0.1, -0.05) is 291 Å². The maximum absolute atomic E-state index is 12.9. The summed E-state index contributed by atoms with van der Waals surface area (Å²) in [5.74, 6) is 0.844. The van der Waals surface area contributed by atoms with Crippen LogP contribution < -0.4 is 0 Å². The van der Waals surface area contributed by atoms with Crippen LogP contribution in [0.5, 0.6) is 0 Å². The Labute approximate surface area is 406 Å². The summed E-state index contributed by atoms with van der Waals surface area (Å²) in [5.41, 5.74) is 0. The van der Waals surface area contributed by atoms with Crippen LogP contribution in [-0.4, -0.2) is 37.2 Å². The predicted molar refractivity (Wildman–Crippen MR) is 280 cm³/mol. The Morgan fingerprint density at radius 2 is 0.508 bits per heavy atom. The van der Waals surface area contributed by atoms with Gasteiger partial charge >= 0.3 is 17.9 Å². The fourth-order valence-corrected chi connectivity index (χ4v) is 9.05. The van der Waals surface area contributed by atoms with Gasteiger partial charge in [-0.25, -0.2) is 0 Å². The molecule has 0 heterocycles. The van der Waals surface area contributed by atoms with Crippen LogP contribution in [0.25, 0.3) is 0 Å². The molecule has 0 bridgehead atoms. The van der Waals surface area contributed by atoms with E-state index in [1.807, 2.05) is 0 Å². The van der Waals surface area contributed by atoms with Crippen molar-refractivity contribution in [3.05, 3.63) is 0 Å². The number of hydrogen-bond acceptors (Lipinski definition) is 6. The monoisotopic (exact) mass is 919 g/mol. The van der Waals surface area contributed by atoms with E-state index >= 15 is 0 Å². The Morgan fingerprint density at radius 1 is 0.292 bits per heavy atom. The molecule has 0 aliphatic heterocycles. The summed E-state index contributed by atoms with van der Waals surface area (Å²) in [7, 11) is 0. The standard InChI is InChI=1S/C59H114O6/c1-6-7-8-9-10-11-12-13-18-24-29-34-39-44-49-57(60)63-52-56(53-64-58(61)50-45-40-35-30-25-21-20-23-28-33-38-43-48-55(4)5)65-59(62)51-46-41-36-31-26-19-16-14-15-17-22-27-32-37-42-47-54(2)3/h54-56H,6-53H2,1-5H3/t56-/m1/s1. The third-order valence-electron chi connectivity index (χ3n) is 13.5. The van der Waals surface area contributed by atoms with Gasteiger partial charge in [0.05, 0.1) is 0 Å². The van der Waals surface area contributed by atoms with Gasteiger partial charge in [-0.2, -0.15) is 0 Å². The number of ether oxygens (including phenoxy) is 3. The molecule has 65 heavy (non-hydrogen) atoms. The first kappa shape index (κ1) is 63.4. The first-order valence-corrected chi connectivity index (χ1v) is 29.2. The highest BCUT2D eigenvalue weighted by Gasteiger charge is 2.19. The van der Waals surface area contributed by atoms with Gasteiger partial charge in [0.15, 0.2) is 6.10 Å². The third kappa shape index (κ3) is 53.2. The van der Waals surface area contributed by atoms with E-state index in [4.69, 9.17) is 14.2 Å². The second kappa shape index (κ2) is 51.8. The van der Waals surface area contributed by atoms with E-state index in [0.717, 1.165) is 69.6 Å². The number of rotatable bonds is 53. The minimum absolute atomic E-state index is 0.0625. The van der Waals surface area contributed by atoms with Crippen molar-refractivity contribution >= 4 is 17.9 Å². The lowest BCUT2D eigenvalue weighted by Crippen LogP contribution is -2.30. The Morgan fingerprint density at radius 3 is 0.754 bits per heavy atom. The number of esters is 3. The summed E-state index contributed by atoms with van der Waals surface area (Å²) in [6.07, 6.45) is 55.2. The second-order valence-electron chi connectivity index (χ2n) is 21.2. The van der Waals surface area contributed by atoms with E-state index in [-0.39, 0.29) is 31.1 Å². The van der Waals surface area contributed by atoms with Crippen LogP contribution >= 0.6 is 0 Å². The number of hydrogen-bond donors (Lipinski definition) is 0. The van der Waals surface area contributed by atoms with Gasteiger partial charge in [-0.3, -0.25) is 14.4 Å². The number of carbonyl (C=O) groups is 3. The molecule has 0 saturated carbocycles. The molecule has 0 saturated heterocycles. The Hall–Kier alpha value is -1.59. The topological polar surface area (TPSA) is 78.9 Å². The van der Waals surface area contributed by atoms with E-state index in [2.05, 4.69) is 34.6 Å². The van der Waals surface area contributed by atoms with Gasteiger partial charge in [0.25, 0.3) is 0 Å². The van der Waals surface area contributed by atoms with Crippen LogP contribution in [0.3, 0.4) is 0 Å². The smallest absolute Gasteiger partial charge is 0.306 e. The molecule has 0 amide bonds. The molecule has 0 unspecified atom stereocenters. The zero-order valence-electron chi connectivity index (χ0n) is 44.6. The fourth-order valence-electron chi connectivity index (χ4n) is 9.05. The molecule has 0 rings (SSSR count).